The van der Waals surface area contributed by atoms with Crippen molar-refractivity contribution >= 4 is 34.5 Å². The lowest BCUT2D eigenvalue weighted by molar-refractivity contribution is -0.136. The Kier molecular flexibility index (Phi) is 3.55. The van der Waals surface area contributed by atoms with Gasteiger partial charge in [0.2, 0.25) is 0 Å². The first kappa shape index (κ1) is 11.1. The number of benzene rings is 1. The monoisotopic (exact) mass is 271 g/mol. The third-order valence-electron chi connectivity index (χ3n) is 1.66. The molecule has 0 aliphatic carbocycles. The molecule has 1 N–H and O–H groups in total. The Balaban J connectivity index is 3.18. The molecule has 0 aliphatic rings. The fourth-order valence-corrected chi connectivity index (χ4v) is 1.75. The number of hydrogen-bond acceptors (Lipinski definition) is 3. The molecule has 1 aromatic carbocycles. The zero-order chi connectivity index (χ0) is 10.7. The molecular weight excluding hydrogens is 266 g/mol. The number of carbonyl (C=O) groups is 1. The van der Waals surface area contributed by atoms with E-state index in [0.717, 1.165) is 0 Å². The number of carboxylic acid groups (broad SMARTS) is 1. The lowest BCUT2D eigenvalue weighted by Crippen LogP contribution is -2.01. The third-order valence-corrected chi connectivity index (χ3v) is 3.33. The van der Waals surface area contributed by atoms with Gasteiger partial charge >= 0.3 is 5.97 Å². The van der Waals surface area contributed by atoms with Gasteiger partial charge in [-0.15, -0.1) is 12.6 Å². The summed E-state index contributed by atoms with van der Waals surface area (Å²) >= 11 is 7.33. The lowest BCUT2D eigenvalue weighted by atomic mass is 10.1. The van der Waals surface area contributed by atoms with Gasteiger partial charge in [-0.25, -0.2) is 0 Å². The van der Waals surface area contributed by atoms with Crippen molar-refractivity contribution in [2.24, 2.45) is 0 Å². The molecule has 0 saturated heterocycles. The molecular formula is C9H6BrNO2S. The van der Waals surface area contributed by atoms with Crippen LogP contribution in [-0.4, -0.2) is 11.1 Å². The molecule has 5 heteroatoms. The summed E-state index contributed by atoms with van der Waals surface area (Å²) in [4.78, 5) is 11.0. The van der Waals surface area contributed by atoms with E-state index in [-0.39, 0.29) is 6.42 Å². The van der Waals surface area contributed by atoms with Crippen LogP contribution in [0.1, 0.15) is 11.1 Å². The van der Waals surface area contributed by atoms with E-state index in [0.29, 0.717) is 20.5 Å². The van der Waals surface area contributed by atoms with E-state index in [1.54, 1.807) is 12.1 Å². The maximum Gasteiger partial charge on any atom is 0.307 e. The number of aliphatic carboxylic acids is 1. The van der Waals surface area contributed by atoms with E-state index in [9.17, 15) is 4.79 Å². The second-order valence-electron chi connectivity index (χ2n) is 2.62. The van der Waals surface area contributed by atoms with Crippen molar-refractivity contribution in [2.45, 2.75) is 11.3 Å². The van der Waals surface area contributed by atoms with Crippen molar-refractivity contribution < 1.29 is 9.90 Å². The van der Waals surface area contributed by atoms with Gasteiger partial charge in [0.1, 0.15) is 6.07 Å². The SMILES string of the molecule is N#Cc1ccc(CC(=O)O)c(Br)c1S. The van der Waals surface area contributed by atoms with Crippen LogP contribution >= 0.6 is 28.6 Å². The molecule has 0 aromatic heterocycles. The standard InChI is InChI=1S/C9H6BrNO2S/c10-8-5(3-7(12)13)1-2-6(4-11)9(8)14/h1-2,14H,3H2,(H,12,13). The Bertz CT molecular complexity index is 426. The van der Waals surface area contributed by atoms with Crippen LogP contribution in [0.3, 0.4) is 0 Å². The minimum atomic E-state index is -0.914. The van der Waals surface area contributed by atoms with E-state index in [2.05, 4.69) is 28.6 Å². The number of nitrogens with zero attached hydrogens (tertiary/aromatic N) is 1. The van der Waals surface area contributed by atoms with Crippen LogP contribution in [0.2, 0.25) is 0 Å². The van der Waals surface area contributed by atoms with Crippen LogP contribution in [0.5, 0.6) is 0 Å². The largest absolute Gasteiger partial charge is 0.481 e. The zero-order valence-corrected chi connectivity index (χ0v) is 9.47. The Morgan fingerprint density at radius 1 is 1.64 bits per heavy atom. The average molecular weight is 272 g/mol. The Morgan fingerprint density at radius 2 is 2.29 bits per heavy atom. The molecule has 0 fully saturated rings. The molecule has 1 rings (SSSR count). The van der Waals surface area contributed by atoms with Crippen molar-refractivity contribution in [1.82, 2.24) is 0 Å². The van der Waals surface area contributed by atoms with Gasteiger partial charge in [-0.1, -0.05) is 6.07 Å². The molecule has 0 bridgehead atoms. The molecule has 14 heavy (non-hydrogen) atoms. The number of nitriles is 1. The second-order valence-corrected chi connectivity index (χ2v) is 3.86. The number of halogens is 1. The second kappa shape index (κ2) is 4.49. The van der Waals surface area contributed by atoms with E-state index >= 15 is 0 Å². The number of carboxylic acids is 1. The van der Waals surface area contributed by atoms with E-state index in [4.69, 9.17) is 10.4 Å². The Hall–Kier alpha value is -0.990. The van der Waals surface area contributed by atoms with Crippen LogP contribution in [0, 0.1) is 11.3 Å². The van der Waals surface area contributed by atoms with Crippen molar-refractivity contribution in [3.05, 3.63) is 27.7 Å². The average Bonchev–Trinajstić information content (AvgIpc) is 2.13. The van der Waals surface area contributed by atoms with Crippen LogP contribution < -0.4 is 0 Å². The smallest absolute Gasteiger partial charge is 0.307 e. The molecule has 72 valence electrons. The maximum absolute atomic E-state index is 10.5. The highest BCUT2D eigenvalue weighted by atomic mass is 79.9. The summed E-state index contributed by atoms with van der Waals surface area (Å²) < 4.78 is 0.572. The van der Waals surface area contributed by atoms with E-state index < -0.39 is 5.97 Å². The summed E-state index contributed by atoms with van der Waals surface area (Å²) in [7, 11) is 0. The summed E-state index contributed by atoms with van der Waals surface area (Å²) in [6, 6.07) is 5.13. The molecule has 0 spiro atoms. The normalized spacial score (nSPS) is 9.50. The predicted octanol–water partition coefficient (Wildman–Crippen LogP) is 2.24. The summed E-state index contributed by atoms with van der Waals surface area (Å²) in [6.07, 6.45) is -0.0835. The molecule has 3 nitrogen and oxygen atoms in total. The van der Waals surface area contributed by atoms with Crippen molar-refractivity contribution in [3.8, 4) is 6.07 Å². The molecule has 0 amide bonds. The molecule has 0 unspecified atom stereocenters. The van der Waals surface area contributed by atoms with E-state index in [1.807, 2.05) is 6.07 Å². The van der Waals surface area contributed by atoms with Crippen molar-refractivity contribution in [2.75, 3.05) is 0 Å². The maximum atomic E-state index is 10.5. The molecule has 0 heterocycles. The Labute approximate surface area is 94.9 Å². The molecule has 1 aromatic rings. The van der Waals surface area contributed by atoms with Crippen LogP contribution in [0.15, 0.2) is 21.5 Å². The first-order valence-electron chi connectivity index (χ1n) is 3.68. The van der Waals surface area contributed by atoms with Gasteiger partial charge in [-0.05, 0) is 27.6 Å². The highest BCUT2D eigenvalue weighted by Gasteiger charge is 2.10. The summed E-state index contributed by atoms with van der Waals surface area (Å²) in [5.74, 6) is -0.914. The van der Waals surface area contributed by atoms with Crippen LogP contribution in [0.4, 0.5) is 0 Å². The number of hydrogen-bond donors (Lipinski definition) is 2. The topological polar surface area (TPSA) is 61.1 Å². The van der Waals surface area contributed by atoms with Crippen molar-refractivity contribution in [1.29, 1.82) is 5.26 Å². The first-order chi connectivity index (χ1) is 6.56. The fraction of sp³-hybridized carbons (Fsp3) is 0.111. The van der Waals surface area contributed by atoms with Gasteiger partial charge in [0.25, 0.3) is 0 Å². The van der Waals surface area contributed by atoms with Crippen LogP contribution in [0.25, 0.3) is 0 Å². The van der Waals surface area contributed by atoms with Crippen LogP contribution in [-0.2, 0) is 11.2 Å². The molecule has 0 saturated carbocycles. The van der Waals surface area contributed by atoms with Crippen molar-refractivity contribution in [3.63, 3.8) is 0 Å². The minimum Gasteiger partial charge on any atom is -0.481 e. The van der Waals surface area contributed by atoms with Gasteiger partial charge in [-0.3, -0.25) is 4.79 Å². The van der Waals surface area contributed by atoms with Gasteiger partial charge in [0.05, 0.1) is 12.0 Å². The summed E-state index contributed by atoms with van der Waals surface area (Å²) in [5, 5.41) is 17.3. The third kappa shape index (κ3) is 2.28. The number of thiol groups is 1. The molecule has 0 atom stereocenters. The van der Waals surface area contributed by atoms with Gasteiger partial charge in [0.15, 0.2) is 0 Å². The quantitative estimate of drug-likeness (QED) is 0.811. The number of rotatable bonds is 2. The summed E-state index contributed by atoms with van der Waals surface area (Å²) in [6.45, 7) is 0. The lowest BCUT2D eigenvalue weighted by Gasteiger charge is -2.05. The van der Waals surface area contributed by atoms with Gasteiger partial charge in [0, 0.05) is 9.37 Å². The fourth-order valence-electron chi connectivity index (χ4n) is 0.996. The zero-order valence-electron chi connectivity index (χ0n) is 6.99. The first-order valence-corrected chi connectivity index (χ1v) is 4.92. The van der Waals surface area contributed by atoms with Gasteiger partial charge in [-0.2, -0.15) is 5.26 Å². The minimum absolute atomic E-state index is 0.0835. The molecule has 0 aliphatic heterocycles. The summed E-state index contributed by atoms with van der Waals surface area (Å²) in [5.41, 5.74) is 1.04. The highest BCUT2D eigenvalue weighted by Crippen LogP contribution is 2.28. The predicted molar refractivity (Wildman–Crippen MR) is 57.4 cm³/mol. The Morgan fingerprint density at radius 3 is 2.79 bits per heavy atom. The molecule has 0 radical (unpaired) electrons. The highest BCUT2D eigenvalue weighted by molar-refractivity contribution is 9.10. The van der Waals surface area contributed by atoms with E-state index in [1.165, 1.54) is 0 Å². The van der Waals surface area contributed by atoms with Gasteiger partial charge < -0.3 is 5.11 Å².